The van der Waals surface area contributed by atoms with Gasteiger partial charge in [0.25, 0.3) is 5.91 Å². The highest BCUT2D eigenvalue weighted by molar-refractivity contribution is 5.79. The number of esters is 1. The minimum absolute atomic E-state index is 0.0800. The van der Waals surface area contributed by atoms with E-state index in [0.29, 0.717) is 12.3 Å². The Morgan fingerprint density at radius 2 is 2.04 bits per heavy atom. The molecule has 0 bridgehead atoms. The van der Waals surface area contributed by atoms with Gasteiger partial charge in [-0.1, -0.05) is 26.0 Å². The SMILES string of the molecule is CCc1cccc(OCC(=O)N(CCOCCO)CC(C)C(=O)OC)c1. The quantitative estimate of drug-likeness (QED) is 0.442. The number of hydrogen-bond acceptors (Lipinski definition) is 6. The normalized spacial score (nSPS) is 11.7. The van der Waals surface area contributed by atoms with Crippen LogP contribution in [0.15, 0.2) is 24.3 Å². The highest BCUT2D eigenvalue weighted by atomic mass is 16.5. The molecule has 0 saturated carbocycles. The summed E-state index contributed by atoms with van der Waals surface area (Å²) in [4.78, 5) is 25.7. The average molecular weight is 367 g/mol. The van der Waals surface area contributed by atoms with Crippen LogP contribution in [-0.2, 0) is 25.5 Å². The lowest BCUT2D eigenvalue weighted by molar-refractivity contribution is -0.147. The van der Waals surface area contributed by atoms with Crippen molar-refractivity contribution in [1.29, 1.82) is 0 Å². The fourth-order valence-corrected chi connectivity index (χ4v) is 2.36. The summed E-state index contributed by atoms with van der Waals surface area (Å²) in [7, 11) is 1.32. The van der Waals surface area contributed by atoms with Gasteiger partial charge in [0.2, 0.25) is 0 Å². The average Bonchev–Trinajstić information content (AvgIpc) is 2.67. The second kappa shape index (κ2) is 12.3. The highest BCUT2D eigenvalue weighted by Gasteiger charge is 2.21. The van der Waals surface area contributed by atoms with Crippen LogP contribution in [0.3, 0.4) is 0 Å². The molecular formula is C19H29NO6. The molecule has 7 nitrogen and oxygen atoms in total. The maximum Gasteiger partial charge on any atom is 0.310 e. The highest BCUT2D eigenvalue weighted by Crippen LogP contribution is 2.14. The van der Waals surface area contributed by atoms with Crippen LogP contribution in [0.1, 0.15) is 19.4 Å². The van der Waals surface area contributed by atoms with Crippen LogP contribution in [0.2, 0.25) is 0 Å². The minimum Gasteiger partial charge on any atom is -0.484 e. The van der Waals surface area contributed by atoms with Crippen LogP contribution in [0.5, 0.6) is 5.75 Å². The Balaban J connectivity index is 2.64. The Bertz CT molecular complexity index is 563. The zero-order valence-electron chi connectivity index (χ0n) is 15.8. The molecule has 0 heterocycles. The first kappa shape index (κ1) is 21.9. The van der Waals surface area contributed by atoms with Gasteiger partial charge in [0.1, 0.15) is 5.75 Å². The van der Waals surface area contributed by atoms with Gasteiger partial charge in [0.05, 0.1) is 32.8 Å². The summed E-state index contributed by atoms with van der Waals surface area (Å²) in [6, 6.07) is 7.59. The van der Waals surface area contributed by atoms with Crippen LogP contribution >= 0.6 is 0 Å². The first-order valence-electron chi connectivity index (χ1n) is 8.77. The predicted octanol–water partition coefficient (Wildman–Crippen LogP) is 1.27. The molecular weight excluding hydrogens is 338 g/mol. The topological polar surface area (TPSA) is 85.3 Å². The van der Waals surface area contributed by atoms with Gasteiger partial charge in [-0.25, -0.2) is 0 Å². The molecule has 1 rings (SSSR count). The number of benzene rings is 1. The minimum atomic E-state index is -0.454. The van der Waals surface area contributed by atoms with Gasteiger partial charge in [-0.2, -0.15) is 0 Å². The van der Waals surface area contributed by atoms with Crippen LogP contribution in [0.4, 0.5) is 0 Å². The Morgan fingerprint density at radius 1 is 1.27 bits per heavy atom. The van der Waals surface area contributed by atoms with Crippen molar-refractivity contribution in [1.82, 2.24) is 4.90 Å². The number of carbonyl (C=O) groups excluding carboxylic acids is 2. The zero-order chi connectivity index (χ0) is 19.4. The van der Waals surface area contributed by atoms with Crippen molar-refractivity contribution in [2.75, 3.05) is 46.6 Å². The van der Waals surface area contributed by atoms with Gasteiger partial charge in [-0.3, -0.25) is 9.59 Å². The molecule has 0 aliphatic carbocycles. The first-order valence-corrected chi connectivity index (χ1v) is 8.77. The van der Waals surface area contributed by atoms with E-state index in [1.807, 2.05) is 25.1 Å². The third kappa shape index (κ3) is 7.84. The maximum atomic E-state index is 12.5. The van der Waals surface area contributed by atoms with E-state index in [2.05, 4.69) is 0 Å². The van der Waals surface area contributed by atoms with Crippen molar-refractivity contribution in [3.05, 3.63) is 29.8 Å². The fraction of sp³-hybridized carbons (Fsp3) is 0.579. The Labute approximate surface area is 154 Å². The summed E-state index contributed by atoms with van der Waals surface area (Å²) in [6.45, 7) is 4.54. The van der Waals surface area contributed by atoms with E-state index in [0.717, 1.165) is 12.0 Å². The van der Waals surface area contributed by atoms with Crippen LogP contribution in [-0.4, -0.2) is 68.5 Å². The van der Waals surface area contributed by atoms with Crippen molar-refractivity contribution in [3.8, 4) is 5.75 Å². The van der Waals surface area contributed by atoms with Gasteiger partial charge >= 0.3 is 5.97 Å². The molecule has 0 aliphatic rings. The molecule has 1 unspecified atom stereocenters. The van der Waals surface area contributed by atoms with Crippen LogP contribution < -0.4 is 4.74 Å². The number of methoxy groups -OCH3 is 1. The number of aliphatic hydroxyl groups is 1. The number of rotatable bonds is 12. The van der Waals surface area contributed by atoms with Crippen molar-refractivity contribution in [3.63, 3.8) is 0 Å². The molecule has 26 heavy (non-hydrogen) atoms. The summed E-state index contributed by atoms with van der Waals surface area (Å²) in [5.41, 5.74) is 1.13. The maximum absolute atomic E-state index is 12.5. The van der Waals surface area contributed by atoms with Gasteiger partial charge in [0, 0.05) is 13.1 Å². The molecule has 0 radical (unpaired) electrons. The smallest absolute Gasteiger partial charge is 0.310 e. The predicted molar refractivity (Wildman–Crippen MR) is 97.0 cm³/mol. The van der Waals surface area contributed by atoms with Crippen molar-refractivity contribution in [2.24, 2.45) is 5.92 Å². The molecule has 0 aliphatic heterocycles. The second-order valence-corrected chi connectivity index (χ2v) is 5.89. The molecule has 0 fully saturated rings. The lowest BCUT2D eigenvalue weighted by atomic mass is 10.1. The Kier molecular flexibility index (Phi) is 10.3. The summed E-state index contributed by atoms with van der Waals surface area (Å²) < 4.78 is 15.5. The molecule has 0 aromatic heterocycles. The number of aliphatic hydroxyl groups excluding tert-OH is 1. The van der Waals surface area contributed by atoms with E-state index in [1.54, 1.807) is 13.0 Å². The zero-order valence-corrected chi connectivity index (χ0v) is 15.8. The van der Waals surface area contributed by atoms with Gasteiger partial charge < -0.3 is 24.2 Å². The number of aryl methyl sites for hydroxylation is 1. The lowest BCUT2D eigenvalue weighted by Crippen LogP contribution is -2.41. The number of nitrogens with zero attached hydrogens (tertiary/aromatic N) is 1. The second-order valence-electron chi connectivity index (χ2n) is 5.89. The summed E-state index contributed by atoms with van der Waals surface area (Å²) in [5.74, 6) is -0.439. The first-order chi connectivity index (χ1) is 12.5. The van der Waals surface area contributed by atoms with Crippen LogP contribution in [0.25, 0.3) is 0 Å². The number of amides is 1. The molecule has 1 aromatic carbocycles. The fourth-order valence-electron chi connectivity index (χ4n) is 2.36. The van der Waals surface area contributed by atoms with E-state index in [1.165, 1.54) is 12.0 Å². The molecule has 7 heteroatoms. The molecule has 1 atom stereocenters. The van der Waals surface area contributed by atoms with E-state index in [9.17, 15) is 9.59 Å². The standard InChI is InChI=1S/C19H29NO6/c1-4-16-6-5-7-17(12-16)26-14-18(22)20(8-10-25-11-9-21)13-15(2)19(23)24-3/h5-7,12,15,21H,4,8-11,13-14H2,1-3H3. The van der Waals surface area contributed by atoms with Crippen molar-refractivity contribution >= 4 is 11.9 Å². The molecule has 0 spiro atoms. The van der Waals surface area contributed by atoms with E-state index < -0.39 is 5.92 Å². The number of hydrogen-bond donors (Lipinski definition) is 1. The van der Waals surface area contributed by atoms with E-state index in [4.69, 9.17) is 19.3 Å². The lowest BCUT2D eigenvalue weighted by Gasteiger charge is -2.25. The number of ether oxygens (including phenoxy) is 3. The molecule has 1 amide bonds. The number of carbonyl (C=O) groups is 2. The molecule has 146 valence electrons. The summed E-state index contributed by atoms with van der Waals surface area (Å²) in [5, 5.41) is 8.76. The van der Waals surface area contributed by atoms with Gasteiger partial charge in [0.15, 0.2) is 6.61 Å². The summed E-state index contributed by atoms with van der Waals surface area (Å²) >= 11 is 0. The van der Waals surface area contributed by atoms with Gasteiger partial charge in [-0.15, -0.1) is 0 Å². The largest absolute Gasteiger partial charge is 0.484 e. The van der Waals surface area contributed by atoms with E-state index >= 15 is 0 Å². The molecule has 0 saturated heterocycles. The van der Waals surface area contributed by atoms with Crippen molar-refractivity contribution in [2.45, 2.75) is 20.3 Å². The molecule has 1 aromatic rings. The van der Waals surface area contributed by atoms with Gasteiger partial charge in [-0.05, 0) is 24.1 Å². The third-order valence-electron chi connectivity index (χ3n) is 3.86. The molecule has 1 N–H and O–H groups in total. The monoisotopic (exact) mass is 367 g/mol. The van der Waals surface area contributed by atoms with E-state index in [-0.39, 0.29) is 44.8 Å². The Morgan fingerprint density at radius 3 is 2.69 bits per heavy atom. The third-order valence-corrected chi connectivity index (χ3v) is 3.86. The van der Waals surface area contributed by atoms with Crippen molar-refractivity contribution < 1.29 is 28.9 Å². The van der Waals surface area contributed by atoms with Crippen LogP contribution in [0, 0.1) is 5.92 Å². The summed E-state index contributed by atoms with van der Waals surface area (Å²) in [6.07, 6.45) is 0.885. The Hall–Kier alpha value is -2.12.